The maximum atomic E-state index is 11.2. The summed E-state index contributed by atoms with van der Waals surface area (Å²) in [5.41, 5.74) is 1.42. The van der Waals surface area contributed by atoms with Crippen LogP contribution in [0.15, 0.2) is 16.7 Å². The molecule has 0 bridgehead atoms. The third-order valence-electron chi connectivity index (χ3n) is 4.34. The lowest BCUT2D eigenvalue weighted by molar-refractivity contribution is -0.140. The normalized spacial score (nSPS) is 18.0. The molecule has 0 radical (unpaired) electrons. The average Bonchev–Trinajstić information content (AvgIpc) is 2.79. The van der Waals surface area contributed by atoms with E-state index in [1.165, 1.54) is 6.42 Å². The minimum atomic E-state index is -0.714. The lowest BCUT2D eigenvalue weighted by Gasteiger charge is -2.35. The molecule has 0 spiro atoms. The first-order valence-corrected chi connectivity index (χ1v) is 8.08. The van der Waals surface area contributed by atoms with Gasteiger partial charge in [-0.25, -0.2) is 9.97 Å². The van der Waals surface area contributed by atoms with Gasteiger partial charge in [-0.1, -0.05) is 19.3 Å². The Kier molecular flexibility index (Phi) is 3.97. The van der Waals surface area contributed by atoms with E-state index in [2.05, 4.69) is 30.9 Å². The standard InChI is InChI=1S/C15H18BrN3O2/c16-10-6-11-14(17-9-10)19-12(18-11)7-15(8-13(20)21)4-2-1-3-5-15/h6,9H,1-5,7-8H2,(H,20,21)(H,17,18,19). The monoisotopic (exact) mass is 351 g/mol. The third kappa shape index (κ3) is 3.26. The predicted molar refractivity (Wildman–Crippen MR) is 83.1 cm³/mol. The van der Waals surface area contributed by atoms with E-state index in [1.807, 2.05) is 6.07 Å². The van der Waals surface area contributed by atoms with Gasteiger partial charge in [0.1, 0.15) is 5.82 Å². The fourth-order valence-corrected chi connectivity index (χ4v) is 3.73. The van der Waals surface area contributed by atoms with Crippen molar-refractivity contribution in [3.05, 3.63) is 22.6 Å². The van der Waals surface area contributed by atoms with Crippen LogP contribution in [0.3, 0.4) is 0 Å². The number of hydrogen-bond acceptors (Lipinski definition) is 3. The van der Waals surface area contributed by atoms with Gasteiger partial charge < -0.3 is 10.1 Å². The number of carbonyl (C=O) groups is 1. The van der Waals surface area contributed by atoms with Crippen molar-refractivity contribution in [3.8, 4) is 0 Å². The van der Waals surface area contributed by atoms with Crippen molar-refractivity contribution in [1.29, 1.82) is 0 Å². The van der Waals surface area contributed by atoms with Crippen molar-refractivity contribution in [2.75, 3.05) is 0 Å². The van der Waals surface area contributed by atoms with Crippen LogP contribution in [0.5, 0.6) is 0 Å². The molecule has 0 unspecified atom stereocenters. The van der Waals surface area contributed by atoms with Crippen LogP contribution in [-0.2, 0) is 11.2 Å². The SMILES string of the molecule is O=C(O)CC1(Cc2nc3ncc(Br)cc3[nH]2)CCCCC1. The van der Waals surface area contributed by atoms with Crippen molar-refractivity contribution < 1.29 is 9.90 Å². The molecule has 1 fully saturated rings. The molecule has 3 rings (SSSR count). The van der Waals surface area contributed by atoms with E-state index in [0.29, 0.717) is 12.1 Å². The number of halogens is 1. The van der Waals surface area contributed by atoms with Gasteiger partial charge in [0.05, 0.1) is 11.9 Å². The molecule has 112 valence electrons. The lowest BCUT2D eigenvalue weighted by atomic mass is 9.69. The molecule has 0 aromatic carbocycles. The molecule has 0 amide bonds. The summed E-state index contributed by atoms with van der Waals surface area (Å²) < 4.78 is 0.906. The number of H-pyrrole nitrogens is 1. The van der Waals surface area contributed by atoms with Crippen LogP contribution >= 0.6 is 15.9 Å². The number of aliphatic carboxylic acids is 1. The highest BCUT2D eigenvalue weighted by molar-refractivity contribution is 9.10. The molecule has 2 aromatic rings. The minimum Gasteiger partial charge on any atom is -0.481 e. The summed E-state index contributed by atoms with van der Waals surface area (Å²) in [7, 11) is 0. The zero-order valence-corrected chi connectivity index (χ0v) is 13.3. The van der Waals surface area contributed by atoms with Crippen molar-refractivity contribution in [2.45, 2.75) is 44.9 Å². The predicted octanol–water partition coefficient (Wildman–Crippen LogP) is 3.69. The van der Waals surface area contributed by atoms with E-state index in [9.17, 15) is 9.90 Å². The van der Waals surface area contributed by atoms with Crippen LogP contribution in [0.4, 0.5) is 0 Å². The summed E-state index contributed by atoms with van der Waals surface area (Å²) in [6.45, 7) is 0. The Hall–Kier alpha value is -1.43. The quantitative estimate of drug-likeness (QED) is 0.880. The van der Waals surface area contributed by atoms with E-state index >= 15 is 0 Å². The van der Waals surface area contributed by atoms with E-state index in [-0.39, 0.29) is 11.8 Å². The molecular formula is C15H18BrN3O2. The van der Waals surface area contributed by atoms with Gasteiger partial charge in [0, 0.05) is 17.1 Å². The van der Waals surface area contributed by atoms with Gasteiger partial charge in [-0.05, 0) is 40.3 Å². The zero-order chi connectivity index (χ0) is 14.9. The summed E-state index contributed by atoms with van der Waals surface area (Å²) in [5.74, 6) is 0.132. The lowest BCUT2D eigenvalue weighted by Crippen LogP contribution is -2.30. The highest BCUT2D eigenvalue weighted by Gasteiger charge is 2.35. The largest absolute Gasteiger partial charge is 0.481 e. The first-order chi connectivity index (χ1) is 10.1. The van der Waals surface area contributed by atoms with E-state index in [1.54, 1.807) is 6.20 Å². The maximum absolute atomic E-state index is 11.2. The molecule has 1 aliphatic rings. The number of rotatable bonds is 4. The molecule has 5 nitrogen and oxygen atoms in total. The van der Waals surface area contributed by atoms with Crippen molar-refractivity contribution in [1.82, 2.24) is 15.0 Å². The van der Waals surface area contributed by atoms with Gasteiger partial charge in [0.25, 0.3) is 0 Å². The molecule has 0 aliphatic heterocycles. The summed E-state index contributed by atoms with van der Waals surface area (Å²) in [4.78, 5) is 23.3. The van der Waals surface area contributed by atoms with Crippen LogP contribution in [0, 0.1) is 5.41 Å². The molecule has 0 saturated heterocycles. The van der Waals surface area contributed by atoms with Crippen LogP contribution in [-0.4, -0.2) is 26.0 Å². The van der Waals surface area contributed by atoms with Gasteiger partial charge in [-0.15, -0.1) is 0 Å². The Morgan fingerprint density at radius 2 is 2.14 bits per heavy atom. The second-order valence-corrected chi connectivity index (χ2v) is 6.93. The molecular weight excluding hydrogens is 334 g/mol. The van der Waals surface area contributed by atoms with Gasteiger partial charge in [-0.2, -0.15) is 0 Å². The summed E-state index contributed by atoms with van der Waals surface area (Å²) in [5, 5.41) is 9.24. The van der Waals surface area contributed by atoms with E-state index < -0.39 is 5.97 Å². The number of nitrogens with zero attached hydrogens (tertiary/aromatic N) is 2. The summed E-state index contributed by atoms with van der Waals surface area (Å²) >= 11 is 3.40. The van der Waals surface area contributed by atoms with Crippen molar-refractivity contribution in [3.63, 3.8) is 0 Å². The van der Waals surface area contributed by atoms with Crippen LogP contribution in [0.1, 0.15) is 44.3 Å². The van der Waals surface area contributed by atoms with Crippen LogP contribution in [0.2, 0.25) is 0 Å². The Morgan fingerprint density at radius 1 is 1.38 bits per heavy atom. The molecule has 1 aliphatic carbocycles. The molecule has 21 heavy (non-hydrogen) atoms. The highest BCUT2D eigenvalue weighted by atomic mass is 79.9. The second kappa shape index (κ2) is 5.75. The topological polar surface area (TPSA) is 78.9 Å². The molecule has 2 N–H and O–H groups in total. The smallest absolute Gasteiger partial charge is 0.303 e. The molecule has 2 heterocycles. The zero-order valence-electron chi connectivity index (χ0n) is 11.7. The Balaban J connectivity index is 1.88. The number of aromatic amines is 1. The third-order valence-corrected chi connectivity index (χ3v) is 4.77. The van der Waals surface area contributed by atoms with Gasteiger partial charge >= 0.3 is 5.97 Å². The number of aromatic nitrogens is 3. The molecule has 6 heteroatoms. The number of pyridine rings is 1. The van der Waals surface area contributed by atoms with Crippen LogP contribution < -0.4 is 0 Å². The highest BCUT2D eigenvalue weighted by Crippen LogP contribution is 2.41. The second-order valence-electron chi connectivity index (χ2n) is 6.02. The van der Waals surface area contributed by atoms with Gasteiger partial charge in [0.2, 0.25) is 0 Å². The summed E-state index contributed by atoms with van der Waals surface area (Å²) in [6.07, 6.45) is 7.99. The first kappa shape index (κ1) is 14.5. The Labute approximate surface area is 131 Å². The average molecular weight is 352 g/mol. The number of imidazole rings is 1. The molecule has 0 atom stereocenters. The Morgan fingerprint density at radius 3 is 2.86 bits per heavy atom. The number of hydrogen-bond donors (Lipinski definition) is 2. The number of carboxylic acids is 1. The number of carboxylic acid groups (broad SMARTS) is 1. The Bertz CT molecular complexity index is 662. The minimum absolute atomic E-state index is 0.158. The van der Waals surface area contributed by atoms with Gasteiger partial charge in [0.15, 0.2) is 5.65 Å². The number of fused-ring (bicyclic) bond motifs is 1. The molecule has 2 aromatic heterocycles. The molecule has 1 saturated carbocycles. The maximum Gasteiger partial charge on any atom is 0.303 e. The van der Waals surface area contributed by atoms with Crippen molar-refractivity contribution in [2.24, 2.45) is 5.41 Å². The van der Waals surface area contributed by atoms with E-state index in [0.717, 1.165) is 41.5 Å². The number of nitrogens with one attached hydrogen (secondary N) is 1. The van der Waals surface area contributed by atoms with Gasteiger partial charge in [-0.3, -0.25) is 4.79 Å². The summed E-state index contributed by atoms with van der Waals surface area (Å²) in [6, 6.07) is 1.95. The van der Waals surface area contributed by atoms with Crippen molar-refractivity contribution >= 4 is 33.1 Å². The fourth-order valence-electron chi connectivity index (χ4n) is 3.40. The first-order valence-electron chi connectivity index (χ1n) is 7.28. The van der Waals surface area contributed by atoms with E-state index in [4.69, 9.17) is 0 Å². The fraction of sp³-hybridized carbons (Fsp3) is 0.533. The van der Waals surface area contributed by atoms with Crippen LogP contribution in [0.25, 0.3) is 11.2 Å².